The first-order valence-corrected chi connectivity index (χ1v) is 4.93. The van der Waals surface area contributed by atoms with E-state index in [4.69, 9.17) is 5.26 Å². The first-order chi connectivity index (χ1) is 6.13. The minimum absolute atomic E-state index is 0.631. The van der Waals surface area contributed by atoms with Crippen LogP contribution in [0.25, 0.3) is 6.08 Å². The minimum atomic E-state index is 0.631. The molecule has 66 valence electrons. The molecule has 3 heteroatoms. The van der Waals surface area contributed by atoms with Gasteiger partial charge in [-0.25, -0.2) is 4.98 Å². The molecule has 1 aromatic heterocycles. The van der Waals surface area contributed by atoms with Gasteiger partial charge in [0.15, 0.2) is 0 Å². The van der Waals surface area contributed by atoms with E-state index >= 15 is 0 Å². The van der Waals surface area contributed by atoms with Gasteiger partial charge in [0.05, 0.1) is 11.3 Å². The highest BCUT2D eigenvalue weighted by atomic mass is 127. The molecule has 0 aliphatic heterocycles. The van der Waals surface area contributed by atoms with Gasteiger partial charge in [-0.15, -0.1) is 0 Å². The Labute approximate surface area is 91.4 Å². The van der Waals surface area contributed by atoms with E-state index in [-0.39, 0.29) is 0 Å². The molecule has 0 aliphatic carbocycles. The first-order valence-electron chi connectivity index (χ1n) is 3.85. The van der Waals surface area contributed by atoms with E-state index in [2.05, 4.69) is 33.6 Å². The molecule has 0 atom stereocenters. The highest BCUT2D eigenvalue weighted by molar-refractivity contribution is 14.1. The molecule has 0 saturated heterocycles. The topological polar surface area (TPSA) is 36.7 Å². The first kappa shape index (κ1) is 10.2. The summed E-state index contributed by atoms with van der Waals surface area (Å²) in [6, 6.07) is 5.74. The van der Waals surface area contributed by atoms with Crippen molar-refractivity contribution in [1.29, 1.82) is 5.26 Å². The third-order valence-corrected chi connectivity index (χ3v) is 2.25. The van der Waals surface area contributed by atoms with Gasteiger partial charge in [0.1, 0.15) is 9.77 Å². The fourth-order valence-corrected chi connectivity index (χ4v) is 1.49. The molecule has 1 aromatic rings. The van der Waals surface area contributed by atoms with E-state index < -0.39 is 0 Å². The van der Waals surface area contributed by atoms with Crippen LogP contribution in [0.2, 0.25) is 0 Å². The summed E-state index contributed by atoms with van der Waals surface area (Å²) in [6.45, 7) is 4.04. The quantitative estimate of drug-likeness (QED) is 0.587. The molecule has 0 spiro atoms. The zero-order chi connectivity index (χ0) is 9.84. The van der Waals surface area contributed by atoms with Crippen LogP contribution in [0, 0.1) is 15.0 Å². The zero-order valence-electron chi connectivity index (χ0n) is 7.50. The van der Waals surface area contributed by atoms with Crippen molar-refractivity contribution in [3.05, 3.63) is 32.7 Å². The van der Waals surface area contributed by atoms with Crippen LogP contribution in [0.15, 0.2) is 17.7 Å². The Morgan fingerprint density at radius 3 is 2.69 bits per heavy atom. The number of nitriles is 1. The second-order valence-corrected chi connectivity index (χ2v) is 3.93. The maximum absolute atomic E-state index is 8.68. The molecule has 0 radical (unpaired) electrons. The number of hydrogen-bond donors (Lipinski definition) is 0. The predicted molar refractivity (Wildman–Crippen MR) is 61.0 cm³/mol. The van der Waals surface area contributed by atoms with Gasteiger partial charge in [-0.2, -0.15) is 5.26 Å². The Kier molecular flexibility index (Phi) is 3.43. The van der Waals surface area contributed by atoms with Gasteiger partial charge in [0.25, 0.3) is 0 Å². The summed E-state index contributed by atoms with van der Waals surface area (Å²) in [4.78, 5) is 4.27. The molecular formula is C10H9IN2. The van der Waals surface area contributed by atoms with Crippen molar-refractivity contribution in [2.24, 2.45) is 0 Å². The van der Waals surface area contributed by atoms with Gasteiger partial charge in [0, 0.05) is 0 Å². The van der Waals surface area contributed by atoms with Gasteiger partial charge >= 0.3 is 0 Å². The number of halogens is 1. The van der Waals surface area contributed by atoms with Gasteiger partial charge in [-0.3, -0.25) is 0 Å². The largest absolute Gasteiger partial charge is 0.241 e. The van der Waals surface area contributed by atoms with Crippen LogP contribution in [0.5, 0.6) is 0 Å². The van der Waals surface area contributed by atoms with Gasteiger partial charge in [-0.05, 0) is 54.6 Å². The van der Waals surface area contributed by atoms with Gasteiger partial charge in [0.2, 0.25) is 0 Å². The third kappa shape index (κ3) is 2.81. The molecule has 1 heterocycles. The number of aromatic nitrogens is 1. The summed E-state index contributed by atoms with van der Waals surface area (Å²) in [6.07, 6.45) is 1.99. The highest BCUT2D eigenvalue weighted by Gasteiger charge is 1.99. The number of pyridine rings is 1. The highest BCUT2D eigenvalue weighted by Crippen LogP contribution is 2.11. The van der Waals surface area contributed by atoms with Crippen LogP contribution in [0.3, 0.4) is 0 Å². The molecule has 13 heavy (non-hydrogen) atoms. The van der Waals surface area contributed by atoms with Gasteiger partial charge < -0.3 is 0 Å². The Hall–Kier alpha value is -0.890. The number of allylic oxidation sites excluding steroid dienone is 1. The lowest BCUT2D eigenvalue weighted by atomic mass is 10.2. The Bertz CT molecular complexity index is 384. The molecule has 0 bridgehead atoms. The Balaban J connectivity index is 3.12. The normalized spacial score (nSPS) is 9.08. The summed E-state index contributed by atoms with van der Waals surface area (Å²) in [5, 5.41) is 8.68. The lowest BCUT2D eigenvalue weighted by Gasteiger charge is -1.97. The van der Waals surface area contributed by atoms with Crippen molar-refractivity contribution in [3.63, 3.8) is 0 Å². The fourth-order valence-electron chi connectivity index (χ4n) is 0.908. The maximum Gasteiger partial charge on any atom is 0.119 e. The third-order valence-electron chi connectivity index (χ3n) is 1.43. The van der Waals surface area contributed by atoms with E-state index in [1.54, 1.807) is 6.07 Å². The predicted octanol–water partition coefficient (Wildman–Crippen LogP) is 2.98. The molecular weight excluding hydrogens is 275 g/mol. The second kappa shape index (κ2) is 4.38. The van der Waals surface area contributed by atoms with Crippen LogP contribution in [0.4, 0.5) is 0 Å². The number of hydrogen-bond acceptors (Lipinski definition) is 2. The fraction of sp³-hybridized carbons (Fsp3) is 0.200. The summed E-state index contributed by atoms with van der Waals surface area (Å²) in [5.41, 5.74) is 2.74. The minimum Gasteiger partial charge on any atom is -0.241 e. The standard InChI is InChI=1S/C10H9IN2/c1-7(2)5-9-4-3-8(6-12)10(11)13-9/h3-5H,1-2H3. The Morgan fingerprint density at radius 1 is 1.54 bits per heavy atom. The summed E-state index contributed by atoms with van der Waals surface area (Å²) in [7, 11) is 0. The molecule has 0 aliphatic rings. The van der Waals surface area contributed by atoms with E-state index in [1.165, 1.54) is 5.57 Å². The van der Waals surface area contributed by atoms with Crippen molar-refractivity contribution in [3.8, 4) is 6.07 Å². The molecule has 0 aromatic carbocycles. The molecule has 0 amide bonds. The molecule has 0 N–H and O–H groups in total. The van der Waals surface area contributed by atoms with E-state index in [0.717, 1.165) is 9.39 Å². The van der Waals surface area contributed by atoms with Crippen LogP contribution >= 0.6 is 22.6 Å². The van der Waals surface area contributed by atoms with E-state index in [0.29, 0.717) is 5.56 Å². The number of rotatable bonds is 1. The molecule has 1 rings (SSSR count). The smallest absolute Gasteiger partial charge is 0.119 e. The number of nitrogens with zero attached hydrogens (tertiary/aromatic N) is 2. The van der Waals surface area contributed by atoms with Crippen molar-refractivity contribution in [2.45, 2.75) is 13.8 Å². The summed E-state index contributed by atoms with van der Waals surface area (Å²) in [5.74, 6) is 0. The monoisotopic (exact) mass is 284 g/mol. The summed E-state index contributed by atoms with van der Waals surface area (Å²) < 4.78 is 0.759. The molecule has 0 saturated carbocycles. The van der Waals surface area contributed by atoms with Crippen molar-refractivity contribution < 1.29 is 0 Å². The SMILES string of the molecule is CC(C)=Cc1ccc(C#N)c(I)n1. The Morgan fingerprint density at radius 2 is 2.23 bits per heavy atom. The maximum atomic E-state index is 8.68. The van der Waals surface area contributed by atoms with Crippen molar-refractivity contribution in [2.75, 3.05) is 0 Å². The molecule has 0 fully saturated rings. The molecule has 2 nitrogen and oxygen atoms in total. The summed E-state index contributed by atoms with van der Waals surface area (Å²) >= 11 is 2.07. The molecule has 0 unspecified atom stereocenters. The van der Waals surface area contributed by atoms with Gasteiger partial charge in [-0.1, -0.05) is 5.57 Å². The van der Waals surface area contributed by atoms with E-state index in [9.17, 15) is 0 Å². The van der Waals surface area contributed by atoms with E-state index in [1.807, 2.05) is 26.0 Å². The average Bonchev–Trinajstić information content (AvgIpc) is 2.03. The van der Waals surface area contributed by atoms with Crippen molar-refractivity contribution in [1.82, 2.24) is 4.98 Å². The second-order valence-electron chi connectivity index (χ2n) is 2.91. The average molecular weight is 284 g/mol. The lowest BCUT2D eigenvalue weighted by molar-refractivity contribution is 1.21. The zero-order valence-corrected chi connectivity index (χ0v) is 9.66. The van der Waals surface area contributed by atoms with Crippen molar-refractivity contribution >= 4 is 28.7 Å². The van der Waals surface area contributed by atoms with Crippen LogP contribution < -0.4 is 0 Å². The van der Waals surface area contributed by atoms with Crippen LogP contribution in [-0.2, 0) is 0 Å². The lowest BCUT2D eigenvalue weighted by Crippen LogP contribution is -1.89. The van der Waals surface area contributed by atoms with Crippen LogP contribution in [-0.4, -0.2) is 4.98 Å². The van der Waals surface area contributed by atoms with Crippen LogP contribution in [0.1, 0.15) is 25.1 Å².